The van der Waals surface area contributed by atoms with Gasteiger partial charge in [-0.05, 0) is 24.6 Å². The summed E-state index contributed by atoms with van der Waals surface area (Å²) in [7, 11) is -2.87. The number of rotatable bonds is 3. The second kappa shape index (κ2) is 4.06. The highest BCUT2D eigenvalue weighted by molar-refractivity contribution is 7.87. The molecule has 0 saturated carbocycles. The Kier molecular flexibility index (Phi) is 3.18. The summed E-state index contributed by atoms with van der Waals surface area (Å²) in [5.41, 5.74) is 0.641. The number of alkyl halides is 2. The number of aliphatic carboxylic acids is 1. The van der Waals surface area contributed by atoms with Gasteiger partial charge in [-0.2, -0.15) is 8.78 Å². The van der Waals surface area contributed by atoms with Crippen LogP contribution in [0, 0.1) is 6.92 Å². The monoisotopic (exact) mass is 234 g/mol. The molecule has 0 aliphatic rings. The lowest BCUT2D eigenvalue weighted by atomic mass is 10.2. The Morgan fingerprint density at radius 1 is 1.47 bits per heavy atom. The maximum Gasteiger partial charge on any atom is 0.419 e. The number of hydrogen-bond donors (Lipinski definition) is 1. The summed E-state index contributed by atoms with van der Waals surface area (Å²) in [5, 5.41) is 3.94. The van der Waals surface area contributed by atoms with Crippen LogP contribution in [0.5, 0.6) is 0 Å². The van der Waals surface area contributed by atoms with Crippen LogP contribution in [0.1, 0.15) is 5.56 Å². The minimum Gasteiger partial charge on any atom is -0.476 e. The van der Waals surface area contributed by atoms with E-state index in [0.717, 1.165) is 0 Å². The van der Waals surface area contributed by atoms with Crippen molar-refractivity contribution in [2.24, 2.45) is 0 Å². The molecular formula is C9H8F2O3S. The van der Waals surface area contributed by atoms with Crippen LogP contribution in [0.25, 0.3) is 0 Å². The lowest BCUT2D eigenvalue weighted by Gasteiger charge is -2.10. The third kappa shape index (κ3) is 2.38. The van der Waals surface area contributed by atoms with E-state index in [1.165, 1.54) is 18.2 Å². The van der Waals surface area contributed by atoms with Crippen LogP contribution in [0.15, 0.2) is 29.2 Å². The van der Waals surface area contributed by atoms with Crippen LogP contribution >= 0.6 is 0 Å². The normalized spacial score (nSPS) is 13.5. The van der Waals surface area contributed by atoms with Gasteiger partial charge in [0, 0.05) is 4.90 Å². The largest absolute Gasteiger partial charge is 0.476 e. The zero-order chi connectivity index (χ0) is 11.6. The van der Waals surface area contributed by atoms with E-state index in [4.69, 9.17) is 5.11 Å². The van der Waals surface area contributed by atoms with E-state index in [0.29, 0.717) is 5.56 Å². The van der Waals surface area contributed by atoms with Gasteiger partial charge < -0.3 is 5.11 Å². The van der Waals surface area contributed by atoms with Crippen molar-refractivity contribution in [2.75, 3.05) is 0 Å². The Morgan fingerprint density at radius 2 is 2.07 bits per heavy atom. The summed E-state index contributed by atoms with van der Waals surface area (Å²) in [5.74, 6) is -2.39. The van der Waals surface area contributed by atoms with Crippen molar-refractivity contribution in [3.8, 4) is 0 Å². The van der Waals surface area contributed by atoms with Crippen LogP contribution in [-0.4, -0.2) is 20.5 Å². The lowest BCUT2D eigenvalue weighted by molar-refractivity contribution is -0.153. The summed E-state index contributed by atoms with van der Waals surface area (Å²) in [6.45, 7) is 1.64. The quantitative estimate of drug-likeness (QED) is 0.867. The number of benzene rings is 1. The number of carbonyl (C=O) groups is 1. The van der Waals surface area contributed by atoms with Gasteiger partial charge in [-0.3, -0.25) is 0 Å². The van der Waals surface area contributed by atoms with Gasteiger partial charge in [-0.15, -0.1) is 0 Å². The Labute approximate surface area is 87.2 Å². The first-order valence-electron chi connectivity index (χ1n) is 3.95. The summed E-state index contributed by atoms with van der Waals surface area (Å²) >= 11 is 0. The Hall–Kier alpha value is -1.30. The van der Waals surface area contributed by atoms with Crippen molar-refractivity contribution in [3.63, 3.8) is 0 Å². The zero-order valence-corrected chi connectivity index (χ0v) is 8.55. The molecule has 82 valence electrons. The standard InChI is InChI=1S/C9H8F2O3S/c1-6-3-2-4-7(5-6)15(14)9(10,11)8(12)13/h2-5H,1H3,(H,12,13). The maximum absolute atomic E-state index is 12.9. The zero-order valence-electron chi connectivity index (χ0n) is 7.74. The van der Waals surface area contributed by atoms with E-state index in [1.54, 1.807) is 13.0 Å². The van der Waals surface area contributed by atoms with E-state index < -0.39 is 22.0 Å². The fourth-order valence-electron chi connectivity index (χ4n) is 0.958. The van der Waals surface area contributed by atoms with Crippen molar-refractivity contribution >= 4 is 16.8 Å². The lowest BCUT2D eigenvalue weighted by Crippen LogP contribution is -2.33. The average Bonchev–Trinajstić information content (AvgIpc) is 2.16. The van der Waals surface area contributed by atoms with Crippen LogP contribution in [0.4, 0.5) is 8.78 Å². The molecule has 0 fully saturated rings. The van der Waals surface area contributed by atoms with Gasteiger partial charge in [0.25, 0.3) is 0 Å². The van der Waals surface area contributed by atoms with Crippen molar-refractivity contribution in [3.05, 3.63) is 29.8 Å². The molecule has 1 unspecified atom stereocenters. The molecule has 0 aromatic heterocycles. The third-order valence-electron chi connectivity index (χ3n) is 1.69. The minimum atomic E-state index is -4.26. The highest BCUT2D eigenvalue weighted by Gasteiger charge is 2.46. The van der Waals surface area contributed by atoms with E-state index in [-0.39, 0.29) is 4.90 Å². The van der Waals surface area contributed by atoms with Crippen molar-refractivity contribution in [1.29, 1.82) is 0 Å². The molecule has 1 aromatic rings. The molecule has 3 nitrogen and oxygen atoms in total. The van der Waals surface area contributed by atoms with Gasteiger partial charge in [0.15, 0.2) is 0 Å². The van der Waals surface area contributed by atoms with Crippen molar-refractivity contribution in [1.82, 2.24) is 0 Å². The molecule has 0 saturated heterocycles. The summed E-state index contributed by atoms with van der Waals surface area (Å²) in [4.78, 5) is 9.99. The molecule has 1 atom stereocenters. The molecule has 0 spiro atoms. The molecule has 0 aliphatic heterocycles. The highest BCUT2D eigenvalue weighted by Crippen LogP contribution is 2.25. The van der Waals surface area contributed by atoms with E-state index in [2.05, 4.69) is 0 Å². The van der Waals surface area contributed by atoms with Gasteiger partial charge >= 0.3 is 11.2 Å². The topological polar surface area (TPSA) is 54.4 Å². The van der Waals surface area contributed by atoms with Crippen LogP contribution in [0.3, 0.4) is 0 Å². The van der Waals surface area contributed by atoms with Gasteiger partial charge in [-0.25, -0.2) is 9.00 Å². The highest BCUT2D eigenvalue weighted by atomic mass is 32.2. The maximum atomic E-state index is 12.9. The summed E-state index contributed by atoms with van der Waals surface area (Å²) < 4.78 is 37.0. The molecule has 0 amide bonds. The number of carboxylic acids is 1. The molecule has 1 rings (SSSR count). The molecule has 1 N–H and O–H groups in total. The van der Waals surface area contributed by atoms with Crippen LogP contribution < -0.4 is 0 Å². The van der Waals surface area contributed by atoms with Crippen molar-refractivity contribution in [2.45, 2.75) is 17.1 Å². The van der Waals surface area contributed by atoms with Gasteiger partial charge in [0.2, 0.25) is 0 Å². The molecule has 6 heteroatoms. The number of hydrogen-bond acceptors (Lipinski definition) is 2. The number of carboxylic acid groups (broad SMARTS) is 1. The second-order valence-electron chi connectivity index (χ2n) is 2.91. The summed E-state index contributed by atoms with van der Waals surface area (Å²) in [6.07, 6.45) is 0. The summed E-state index contributed by atoms with van der Waals surface area (Å²) in [6, 6.07) is 5.56. The van der Waals surface area contributed by atoms with Gasteiger partial charge in [-0.1, -0.05) is 12.1 Å². The van der Waals surface area contributed by atoms with E-state index in [9.17, 15) is 17.8 Å². The Bertz CT molecular complexity index is 418. The Balaban J connectivity index is 3.10. The molecule has 1 aromatic carbocycles. The number of halogens is 2. The van der Waals surface area contributed by atoms with Gasteiger partial charge in [0.05, 0.1) is 0 Å². The minimum absolute atomic E-state index is 0.192. The first kappa shape index (κ1) is 11.8. The molecule has 0 aliphatic carbocycles. The molecule has 0 bridgehead atoms. The number of aryl methyl sites for hydroxylation is 1. The average molecular weight is 234 g/mol. The fourth-order valence-corrected chi connectivity index (χ4v) is 1.91. The predicted molar refractivity (Wildman–Crippen MR) is 50.2 cm³/mol. The van der Waals surface area contributed by atoms with Crippen LogP contribution in [-0.2, 0) is 15.6 Å². The first-order chi connectivity index (χ1) is 6.85. The first-order valence-corrected chi connectivity index (χ1v) is 5.10. The SMILES string of the molecule is Cc1cccc(S(=O)C(F)(F)C(=O)O)c1. The second-order valence-corrected chi connectivity index (χ2v) is 4.43. The Morgan fingerprint density at radius 3 is 2.53 bits per heavy atom. The molecule has 0 heterocycles. The fraction of sp³-hybridized carbons (Fsp3) is 0.222. The smallest absolute Gasteiger partial charge is 0.419 e. The molecular weight excluding hydrogens is 226 g/mol. The predicted octanol–water partition coefficient (Wildman–Crippen LogP) is 1.78. The van der Waals surface area contributed by atoms with Gasteiger partial charge in [0.1, 0.15) is 10.8 Å². The van der Waals surface area contributed by atoms with E-state index >= 15 is 0 Å². The van der Waals surface area contributed by atoms with Crippen molar-refractivity contribution < 1.29 is 22.9 Å². The van der Waals surface area contributed by atoms with E-state index in [1.807, 2.05) is 0 Å². The van der Waals surface area contributed by atoms with Crippen LogP contribution in [0.2, 0.25) is 0 Å². The molecule has 15 heavy (non-hydrogen) atoms. The third-order valence-corrected chi connectivity index (χ3v) is 3.01. The molecule has 0 radical (unpaired) electrons.